The zero-order chi connectivity index (χ0) is 15.4. The van der Waals surface area contributed by atoms with E-state index in [-0.39, 0.29) is 12.1 Å². The van der Waals surface area contributed by atoms with Crippen LogP contribution in [0.15, 0.2) is 42.5 Å². The Bertz CT molecular complexity index is 640. The number of ether oxygens (including phenoxy) is 1. The third-order valence-electron chi connectivity index (χ3n) is 3.26. The molecule has 0 saturated heterocycles. The monoisotopic (exact) mass is 287 g/mol. The second-order valence-corrected chi connectivity index (χ2v) is 4.67. The van der Waals surface area contributed by atoms with Gasteiger partial charge in [0, 0.05) is 11.3 Å². The van der Waals surface area contributed by atoms with Gasteiger partial charge in [0.05, 0.1) is 13.5 Å². The third-order valence-corrected chi connectivity index (χ3v) is 3.26. The summed E-state index contributed by atoms with van der Waals surface area (Å²) in [7, 11) is 1.48. The van der Waals surface area contributed by atoms with Gasteiger partial charge in [-0.05, 0) is 23.3 Å². The van der Waals surface area contributed by atoms with E-state index in [1.54, 1.807) is 24.3 Å². The normalized spacial score (nSPS) is 11.9. The molecule has 0 amide bonds. The number of hydrogen-bond donors (Lipinski definition) is 3. The highest BCUT2D eigenvalue weighted by atomic mass is 16.5. The molecule has 0 heterocycles. The lowest BCUT2D eigenvalue weighted by molar-refractivity contribution is -0.136. The van der Waals surface area contributed by atoms with Crippen molar-refractivity contribution in [3.8, 4) is 5.75 Å². The van der Waals surface area contributed by atoms with Crippen molar-refractivity contribution in [2.24, 2.45) is 0 Å². The van der Waals surface area contributed by atoms with Crippen LogP contribution in [0.5, 0.6) is 5.75 Å². The fourth-order valence-electron chi connectivity index (χ4n) is 2.18. The Balaban J connectivity index is 2.49. The van der Waals surface area contributed by atoms with Crippen molar-refractivity contribution in [3.63, 3.8) is 0 Å². The molecule has 1 atom stereocenters. The molecule has 0 fully saturated rings. The predicted octanol–water partition coefficient (Wildman–Crippen LogP) is 1.99. The Labute approximate surface area is 122 Å². The second-order valence-electron chi connectivity index (χ2n) is 4.67. The van der Waals surface area contributed by atoms with E-state index in [0.717, 1.165) is 0 Å². The van der Waals surface area contributed by atoms with E-state index in [1.165, 1.54) is 7.11 Å². The number of aliphatic carboxylic acids is 1. The van der Waals surface area contributed by atoms with E-state index in [1.807, 2.05) is 18.2 Å². The second kappa shape index (κ2) is 6.28. The highest BCUT2D eigenvalue weighted by Crippen LogP contribution is 2.33. The molecular weight excluding hydrogens is 270 g/mol. The van der Waals surface area contributed by atoms with E-state index in [9.17, 15) is 9.90 Å². The molecule has 21 heavy (non-hydrogen) atoms. The zero-order valence-electron chi connectivity index (χ0n) is 11.6. The SMILES string of the molecule is COc1cc(CC(=O)O)c(N)c(C(O)c2ccccc2)c1. The molecule has 0 saturated carbocycles. The van der Waals surface area contributed by atoms with Gasteiger partial charge in [-0.25, -0.2) is 0 Å². The Morgan fingerprint density at radius 1 is 1.29 bits per heavy atom. The fourth-order valence-corrected chi connectivity index (χ4v) is 2.18. The molecule has 0 bridgehead atoms. The number of hydrogen-bond acceptors (Lipinski definition) is 4. The number of anilines is 1. The number of aliphatic hydroxyl groups excluding tert-OH is 1. The summed E-state index contributed by atoms with van der Waals surface area (Å²) in [6, 6.07) is 12.2. The van der Waals surface area contributed by atoms with Crippen LogP contribution in [0.25, 0.3) is 0 Å². The summed E-state index contributed by atoms with van der Waals surface area (Å²) in [6.45, 7) is 0. The molecular formula is C16H17NO4. The summed E-state index contributed by atoms with van der Waals surface area (Å²) < 4.78 is 5.16. The molecule has 2 rings (SSSR count). The van der Waals surface area contributed by atoms with Gasteiger partial charge in [0.15, 0.2) is 0 Å². The van der Waals surface area contributed by atoms with Crippen LogP contribution in [-0.4, -0.2) is 23.3 Å². The van der Waals surface area contributed by atoms with Crippen molar-refractivity contribution in [2.75, 3.05) is 12.8 Å². The van der Waals surface area contributed by atoms with Crippen molar-refractivity contribution in [1.29, 1.82) is 0 Å². The van der Waals surface area contributed by atoms with Gasteiger partial charge in [0.2, 0.25) is 0 Å². The number of methoxy groups -OCH3 is 1. The smallest absolute Gasteiger partial charge is 0.307 e. The van der Waals surface area contributed by atoms with Crippen LogP contribution in [-0.2, 0) is 11.2 Å². The molecule has 5 nitrogen and oxygen atoms in total. The maximum absolute atomic E-state index is 10.9. The molecule has 110 valence electrons. The van der Waals surface area contributed by atoms with E-state index in [4.69, 9.17) is 15.6 Å². The standard InChI is InChI=1S/C16H17NO4/c1-21-12-7-11(8-14(18)19)15(17)13(9-12)16(20)10-5-3-2-4-6-10/h2-7,9,16,20H,8,17H2,1H3,(H,18,19). The lowest BCUT2D eigenvalue weighted by Gasteiger charge is -2.17. The van der Waals surface area contributed by atoms with E-state index in [2.05, 4.69) is 0 Å². The minimum atomic E-state index is -0.991. The number of carbonyl (C=O) groups is 1. The Kier molecular flexibility index (Phi) is 4.45. The van der Waals surface area contributed by atoms with Crippen LogP contribution >= 0.6 is 0 Å². The quantitative estimate of drug-likeness (QED) is 0.731. The maximum atomic E-state index is 10.9. The zero-order valence-corrected chi connectivity index (χ0v) is 11.6. The van der Waals surface area contributed by atoms with Crippen molar-refractivity contribution in [3.05, 3.63) is 59.2 Å². The first kappa shape index (κ1) is 14.9. The first-order chi connectivity index (χ1) is 10.0. The van der Waals surface area contributed by atoms with Crippen molar-refractivity contribution < 1.29 is 19.7 Å². The molecule has 2 aromatic carbocycles. The van der Waals surface area contributed by atoms with Crippen LogP contribution < -0.4 is 10.5 Å². The topological polar surface area (TPSA) is 92.8 Å². The lowest BCUT2D eigenvalue weighted by atomic mass is 9.96. The van der Waals surface area contributed by atoms with Gasteiger partial charge in [-0.2, -0.15) is 0 Å². The highest BCUT2D eigenvalue weighted by Gasteiger charge is 2.18. The molecule has 4 N–H and O–H groups in total. The molecule has 0 aliphatic carbocycles. The predicted molar refractivity (Wildman–Crippen MR) is 79.3 cm³/mol. The van der Waals surface area contributed by atoms with Gasteiger partial charge in [0.25, 0.3) is 0 Å². The lowest BCUT2D eigenvalue weighted by Crippen LogP contribution is -2.10. The summed E-state index contributed by atoms with van der Waals surface area (Å²) >= 11 is 0. The summed E-state index contributed by atoms with van der Waals surface area (Å²) in [6.07, 6.45) is -1.16. The van der Waals surface area contributed by atoms with Gasteiger partial charge in [-0.3, -0.25) is 4.79 Å². The van der Waals surface area contributed by atoms with Crippen molar-refractivity contribution in [1.82, 2.24) is 0 Å². The van der Waals surface area contributed by atoms with Crippen molar-refractivity contribution in [2.45, 2.75) is 12.5 Å². The molecule has 0 radical (unpaired) electrons. The molecule has 0 aromatic heterocycles. The number of aliphatic hydroxyl groups is 1. The number of nitrogen functional groups attached to an aromatic ring is 1. The number of carboxylic acids is 1. The van der Waals surface area contributed by atoms with E-state index < -0.39 is 12.1 Å². The summed E-state index contributed by atoms with van der Waals surface area (Å²) in [5.41, 5.74) is 7.83. The number of nitrogens with two attached hydrogens (primary N) is 1. The number of benzene rings is 2. The molecule has 0 aliphatic heterocycles. The van der Waals surface area contributed by atoms with Gasteiger partial charge in [-0.1, -0.05) is 30.3 Å². The highest BCUT2D eigenvalue weighted by molar-refractivity contribution is 5.74. The van der Waals surface area contributed by atoms with Crippen LogP contribution in [0.1, 0.15) is 22.8 Å². The molecule has 5 heteroatoms. The number of rotatable bonds is 5. The summed E-state index contributed by atoms with van der Waals surface area (Å²) in [5.74, 6) is -0.527. The minimum Gasteiger partial charge on any atom is -0.497 e. The average Bonchev–Trinajstić information content (AvgIpc) is 2.49. The Morgan fingerprint density at radius 3 is 2.52 bits per heavy atom. The molecule has 2 aromatic rings. The fraction of sp³-hybridized carbons (Fsp3) is 0.188. The van der Waals surface area contributed by atoms with Crippen molar-refractivity contribution >= 4 is 11.7 Å². The van der Waals surface area contributed by atoms with Gasteiger partial charge in [-0.15, -0.1) is 0 Å². The van der Waals surface area contributed by atoms with Crippen LogP contribution in [0.3, 0.4) is 0 Å². The van der Waals surface area contributed by atoms with Gasteiger partial charge in [0.1, 0.15) is 11.9 Å². The molecule has 0 spiro atoms. The average molecular weight is 287 g/mol. The Morgan fingerprint density at radius 2 is 1.95 bits per heavy atom. The third kappa shape index (κ3) is 3.32. The molecule has 0 aliphatic rings. The number of carboxylic acid groups (broad SMARTS) is 1. The van der Waals surface area contributed by atoms with Crippen LogP contribution in [0.2, 0.25) is 0 Å². The maximum Gasteiger partial charge on any atom is 0.307 e. The Hall–Kier alpha value is -2.53. The summed E-state index contributed by atoms with van der Waals surface area (Å²) in [4.78, 5) is 10.9. The summed E-state index contributed by atoms with van der Waals surface area (Å²) in [5, 5.41) is 19.4. The van der Waals surface area contributed by atoms with Gasteiger partial charge >= 0.3 is 5.97 Å². The van der Waals surface area contributed by atoms with E-state index in [0.29, 0.717) is 22.4 Å². The first-order valence-corrected chi connectivity index (χ1v) is 6.44. The molecule has 1 unspecified atom stereocenters. The van der Waals surface area contributed by atoms with Crippen LogP contribution in [0, 0.1) is 0 Å². The minimum absolute atomic E-state index is 0.225. The van der Waals surface area contributed by atoms with Gasteiger partial charge < -0.3 is 20.7 Å². The first-order valence-electron chi connectivity index (χ1n) is 6.44. The van der Waals surface area contributed by atoms with E-state index >= 15 is 0 Å². The van der Waals surface area contributed by atoms with Crippen LogP contribution in [0.4, 0.5) is 5.69 Å². The largest absolute Gasteiger partial charge is 0.497 e.